The van der Waals surface area contributed by atoms with Gasteiger partial charge in [0.05, 0.1) is 23.8 Å². The van der Waals surface area contributed by atoms with E-state index in [9.17, 15) is 0 Å². The number of hydrogen-bond acceptors (Lipinski definition) is 4. The summed E-state index contributed by atoms with van der Waals surface area (Å²) in [5, 5.41) is 7.42. The summed E-state index contributed by atoms with van der Waals surface area (Å²) in [6.45, 7) is 3.46. The zero-order valence-electron chi connectivity index (χ0n) is 18.2. The SMILES string of the molecule is CCOc1cc(/C=N\NCc2ccccc2Cl)cc(Br)c1OCc1cccc2ccccc12. The van der Waals surface area contributed by atoms with Crippen LogP contribution in [0.15, 0.2) is 88.4 Å². The molecule has 0 unspecified atom stereocenters. The van der Waals surface area contributed by atoms with Crippen LogP contribution in [0.25, 0.3) is 10.8 Å². The van der Waals surface area contributed by atoms with E-state index in [1.807, 2.05) is 55.5 Å². The minimum atomic E-state index is 0.437. The van der Waals surface area contributed by atoms with Crippen molar-refractivity contribution in [3.63, 3.8) is 0 Å². The molecule has 0 saturated carbocycles. The first-order valence-corrected chi connectivity index (χ1v) is 11.9. The van der Waals surface area contributed by atoms with Gasteiger partial charge in [0, 0.05) is 5.02 Å². The normalized spacial score (nSPS) is 11.1. The number of hydrogen-bond donors (Lipinski definition) is 1. The quantitative estimate of drug-likeness (QED) is 0.184. The third kappa shape index (κ3) is 5.86. The van der Waals surface area contributed by atoms with Crippen LogP contribution in [0.2, 0.25) is 5.02 Å². The molecule has 4 aromatic carbocycles. The van der Waals surface area contributed by atoms with E-state index in [-0.39, 0.29) is 0 Å². The van der Waals surface area contributed by atoms with Gasteiger partial charge in [0.1, 0.15) is 6.61 Å². The molecule has 0 saturated heterocycles. The molecule has 4 nitrogen and oxygen atoms in total. The van der Waals surface area contributed by atoms with E-state index in [1.54, 1.807) is 6.21 Å². The van der Waals surface area contributed by atoms with Crippen LogP contribution in [-0.4, -0.2) is 12.8 Å². The number of nitrogens with zero attached hydrogens (tertiary/aromatic N) is 1. The van der Waals surface area contributed by atoms with Gasteiger partial charge in [0.15, 0.2) is 11.5 Å². The Balaban J connectivity index is 1.49. The monoisotopic (exact) mass is 522 g/mol. The van der Waals surface area contributed by atoms with Crippen molar-refractivity contribution in [2.75, 3.05) is 6.61 Å². The van der Waals surface area contributed by atoms with Crippen LogP contribution in [0, 0.1) is 0 Å². The predicted octanol–water partition coefficient (Wildman–Crippen LogP) is 7.36. The summed E-state index contributed by atoms with van der Waals surface area (Å²) in [6, 6.07) is 26.1. The molecule has 4 rings (SSSR count). The first kappa shape index (κ1) is 23.1. The second-order valence-electron chi connectivity index (χ2n) is 7.37. The lowest BCUT2D eigenvalue weighted by Crippen LogP contribution is -2.06. The molecule has 168 valence electrons. The Morgan fingerprint density at radius 3 is 2.55 bits per heavy atom. The molecular formula is C27H24BrClN2O2. The Morgan fingerprint density at radius 2 is 1.70 bits per heavy atom. The maximum absolute atomic E-state index is 6.22. The molecule has 0 aromatic heterocycles. The second-order valence-corrected chi connectivity index (χ2v) is 8.64. The van der Waals surface area contributed by atoms with Crippen molar-refractivity contribution in [1.29, 1.82) is 0 Å². The summed E-state index contributed by atoms with van der Waals surface area (Å²) in [6.07, 6.45) is 1.75. The number of fused-ring (bicyclic) bond motifs is 1. The number of benzene rings is 4. The fourth-order valence-electron chi connectivity index (χ4n) is 3.53. The third-order valence-electron chi connectivity index (χ3n) is 5.12. The molecule has 0 aliphatic heterocycles. The van der Waals surface area contributed by atoms with Gasteiger partial charge in [-0.25, -0.2) is 0 Å². The van der Waals surface area contributed by atoms with E-state index < -0.39 is 0 Å². The lowest BCUT2D eigenvalue weighted by molar-refractivity contribution is 0.268. The van der Waals surface area contributed by atoms with Gasteiger partial charge in [-0.2, -0.15) is 5.10 Å². The smallest absolute Gasteiger partial charge is 0.175 e. The molecule has 1 N–H and O–H groups in total. The Bertz CT molecular complexity index is 1270. The number of rotatable bonds is 9. The number of nitrogens with one attached hydrogen (secondary N) is 1. The van der Waals surface area contributed by atoms with Crippen molar-refractivity contribution in [3.8, 4) is 11.5 Å². The fraction of sp³-hybridized carbons (Fsp3) is 0.148. The van der Waals surface area contributed by atoms with Crippen molar-refractivity contribution < 1.29 is 9.47 Å². The maximum atomic E-state index is 6.22. The molecule has 0 radical (unpaired) electrons. The van der Waals surface area contributed by atoms with Crippen molar-refractivity contribution in [2.24, 2.45) is 5.10 Å². The Hall–Kier alpha value is -3.02. The molecule has 0 amide bonds. The van der Waals surface area contributed by atoms with Crippen LogP contribution in [-0.2, 0) is 13.2 Å². The van der Waals surface area contributed by atoms with Crippen LogP contribution < -0.4 is 14.9 Å². The highest BCUT2D eigenvalue weighted by Crippen LogP contribution is 2.37. The maximum Gasteiger partial charge on any atom is 0.175 e. The van der Waals surface area contributed by atoms with E-state index in [0.717, 1.165) is 21.2 Å². The predicted molar refractivity (Wildman–Crippen MR) is 139 cm³/mol. The van der Waals surface area contributed by atoms with Crippen LogP contribution in [0.3, 0.4) is 0 Å². The highest BCUT2D eigenvalue weighted by molar-refractivity contribution is 9.10. The minimum Gasteiger partial charge on any atom is -0.490 e. The van der Waals surface area contributed by atoms with Crippen molar-refractivity contribution >= 4 is 44.5 Å². The van der Waals surface area contributed by atoms with Gasteiger partial charge in [0.25, 0.3) is 0 Å². The van der Waals surface area contributed by atoms with Crippen molar-refractivity contribution in [1.82, 2.24) is 5.43 Å². The summed E-state index contributed by atoms with van der Waals surface area (Å²) >= 11 is 9.83. The molecule has 0 aliphatic carbocycles. The Kier molecular flexibility index (Phi) is 7.87. The van der Waals surface area contributed by atoms with E-state index >= 15 is 0 Å². The molecule has 0 fully saturated rings. The average Bonchev–Trinajstić information content (AvgIpc) is 2.82. The first-order chi connectivity index (χ1) is 16.2. The Labute approximate surface area is 207 Å². The van der Waals surface area contributed by atoms with Gasteiger partial charge in [-0.1, -0.05) is 72.3 Å². The third-order valence-corrected chi connectivity index (χ3v) is 6.07. The summed E-state index contributed by atoms with van der Waals surface area (Å²) < 4.78 is 12.9. The molecule has 0 bridgehead atoms. The topological polar surface area (TPSA) is 42.8 Å². The van der Waals surface area contributed by atoms with Crippen LogP contribution in [0.5, 0.6) is 11.5 Å². The van der Waals surface area contributed by atoms with E-state index in [0.29, 0.717) is 36.3 Å². The lowest BCUT2D eigenvalue weighted by Gasteiger charge is -2.15. The fourth-order valence-corrected chi connectivity index (χ4v) is 4.30. The van der Waals surface area contributed by atoms with Gasteiger partial charge in [-0.05, 0) is 68.5 Å². The van der Waals surface area contributed by atoms with Crippen LogP contribution in [0.1, 0.15) is 23.6 Å². The second kappa shape index (κ2) is 11.2. The van der Waals surface area contributed by atoms with Crippen molar-refractivity contribution in [2.45, 2.75) is 20.1 Å². The minimum absolute atomic E-state index is 0.437. The first-order valence-electron chi connectivity index (χ1n) is 10.7. The summed E-state index contributed by atoms with van der Waals surface area (Å²) in [5.74, 6) is 1.34. The van der Waals surface area contributed by atoms with Gasteiger partial charge in [-0.15, -0.1) is 0 Å². The highest BCUT2D eigenvalue weighted by atomic mass is 79.9. The van der Waals surface area contributed by atoms with Crippen LogP contribution >= 0.6 is 27.5 Å². The van der Waals surface area contributed by atoms with E-state index in [1.165, 1.54) is 10.8 Å². The molecule has 33 heavy (non-hydrogen) atoms. The van der Waals surface area contributed by atoms with Crippen LogP contribution in [0.4, 0.5) is 0 Å². The molecule has 0 spiro atoms. The van der Waals surface area contributed by atoms with E-state index in [4.69, 9.17) is 21.1 Å². The van der Waals surface area contributed by atoms with Gasteiger partial charge in [-0.3, -0.25) is 0 Å². The molecule has 0 heterocycles. The lowest BCUT2D eigenvalue weighted by atomic mass is 10.1. The zero-order valence-corrected chi connectivity index (χ0v) is 20.6. The summed E-state index contributed by atoms with van der Waals surface area (Å²) in [7, 11) is 0. The highest BCUT2D eigenvalue weighted by Gasteiger charge is 2.13. The van der Waals surface area contributed by atoms with Crippen molar-refractivity contribution in [3.05, 3.63) is 105 Å². The van der Waals surface area contributed by atoms with Gasteiger partial charge < -0.3 is 14.9 Å². The largest absolute Gasteiger partial charge is 0.490 e. The molecule has 0 aliphatic rings. The zero-order chi connectivity index (χ0) is 23.0. The van der Waals surface area contributed by atoms with Gasteiger partial charge >= 0.3 is 0 Å². The number of hydrazone groups is 1. The standard InChI is InChI=1S/C27H24BrClN2O2/c1-2-32-26-15-19(16-30-31-17-21-9-4-6-13-25(21)29)14-24(28)27(26)33-18-22-11-7-10-20-8-3-5-12-23(20)22/h3-16,31H,2,17-18H2,1H3/b30-16-. The molecular weight excluding hydrogens is 500 g/mol. The molecule has 4 aromatic rings. The molecule has 6 heteroatoms. The number of ether oxygens (including phenoxy) is 2. The van der Waals surface area contributed by atoms with Gasteiger partial charge in [0.2, 0.25) is 0 Å². The summed E-state index contributed by atoms with van der Waals surface area (Å²) in [5.41, 5.74) is 6.03. The average molecular weight is 524 g/mol. The summed E-state index contributed by atoms with van der Waals surface area (Å²) in [4.78, 5) is 0. The Morgan fingerprint density at radius 1 is 0.939 bits per heavy atom. The molecule has 0 atom stereocenters. The number of halogens is 2. The van der Waals surface area contributed by atoms with E-state index in [2.05, 4.69) is 56.8 Å².